The molecule has 3 aromatic heterocycles. The molecule has 0 fully saturated rings. The van der Waals surface area contributed by atoms with Crippen LogP contribution in [-0.2, 0) is 0 Å². The maximum Gasteiger partial charge on any atom is 0.337 e. The van der Waals surface area contributed by atoms with Gasteiger partial charge in [-0.3, -0.25) is 9.36 Å². The molecule has 0 saturated heterocycles. The number of carboxylic acids is 1. The van der Waals surface area contributed by atoms with E-state index < -0.39 is 11.2 Å². The van der Waals surface area contributed by atoms with Crippen LogP contribution in [0.15, 0.2) is 59.9 Å². The third-order valence-electron chi connectivity index (χ3n) is 5.26. The first-order chi connectivity index (χ1) is 15.5. The van der Waals surface area contributed by atoms with Crippen LogP contribution in [0.5, 0.6) is 0 Å². The number of carboxylic acid groups (broad SMARTS) is 1. The summed E-state index contributed by atoms with van der Waals surface area (Å²) >= 11 is 4.76. The van der Waals surface area contributed by atoms with E-state index in [1.54, 1.807) is 24.3 Å². The second kappa shape index (κ2) is 7.57. The summed E-state index contributed by atoms with van der Waals surface area (Å²) in [7, 11) is 0. The molecule has 2 N–H and O–H groups in total. The van der Waals surface area contributed by atoms with Crippen LogP contribution in [0.2, 0.25) is 0 Å². The highest BCUT2D eigenvalue weighted by Crippen LogP contribution is 2.31. The Hall–Kier alpha value is -4.05. The first-order valence-corrected chi connectivity index (χ1v) is 10.2. The summed E-state index contributed by atoms with van der Waals surface area (Å²) in [6.07, 6.45) is 2.86. The molecule has 10 heteroatoms. The number of aromatic carboxylic acids is 1. The molecule has 1 unspecified atom stereocenters. The van der Waals surface area contributed by atoms with E-state index in [0.717, 1.165) is 5.56 Å². The zero-order valence-corrected chi connectivity index (χ0v) is 17.6. The average molecular weight is 444 g/mol. The van der Waals surface area contributed by atoms with Crippen molar-refractivity contribution in [1.82, 2.24) is 29.5 Å². The first kappa shape index (κ1) is 19.9. The molecule has 0 aliphatic heterocycles. The highest BCUT2D eigenvalue weighted by molar-refractivity contribution is 7.80. The van der Waals surface area contributed by atoms with E-state index in [4.69, 9.17) is 17.6 Å². The van der Waals surface area contributed by atoms with Crippen LogP contribution in [-0.4, -0.2) is 40.6 Å². The Morgan fingerprint density at radius 1 is 1.12 bits per heavy atom. The Bertz CT molecular complexity index is 1580. The predicted molar refractivity (Wildman–Crippen MR) is 122 cm³/mol. The molecule has 1 atom stereocenters. The third-order valence-corrected chi connectivity index (χ3v) is 5.74. The second-order valence-electron chi connectivity index (χ2n) is 7.16. The number of rotatable bonds is 4. The Kier molecular flexibility index (Phi) is 4.71. The lowest BCUT2D eigenvalue weighted by molar-refractivity contribution is 0.0697. The zero-order chi connectivity index (χ0) is 22.4. The minimum atomic E-state index is -1.16. The molecule has 3 heterocycles. The van der Waals surface area contributed by atoms with E-state index in [1.165, 1.54) is 23.3 Å². The number of nitrogens with one attached hydrogen (secondary N) is 1. The Labute approximate surface area is 186 Å². The van der Waals surface area contributed by atoms with Crippen molar-refractivity contribution < 1.29 is 9.90 Å². The number of thiol groups is 1. The van der Waals surface area contributed by atoms with Gasteiger partial charge in [-0.2, -0.15) is 12.6 Å². The van der Waals surface area contributed by atoms with E-state index >= 15 is 0 Å². The van der Waals surface area contributed by atoms with Gasteiger partial charge in [0.15, 0.2) is 5.65 Å². The van der Waals surface area contributed by atoms with Gasteiger partial charge >= 0.3 is 5.97 Å². The number of para-hydroxylation sites is 1. The van der Waals surface area contributed by atoms with Gasteiger partial charge < -0.3 is 10.1 Å². The lowest BCUT2D eigenvalue weighted by Gasteiger charge is -2.19. The number of H-pyrrole nitrogens is 1. The van der Waals surface area contributed by atoms with Crippen molar-refractivity contribution in [2.24, 2.45) is 0 Å². The molecule has 0 aliphatic carbocycles. The molecule has 5 rings (SSSR count). The first-order valence-electron chi connectivity index (χ1n) is 9.64. The summed E-state index contributed by atoms with van der Waals surface area (Å²) in [6, 6.07) is 11.7. The van der Waals surface area contributed by atoms with Gasteiger partial charge in [-0.05, 0) is 30.7 Å². The van der Waals surface area contributed by atoms with E-state index in [-0.39, 0.29) is 22.6 Å². The Balaban J connectivity index is 1.89. The third kappa shape index (κ3) is 3.04. The van der Waals surface area contributed by atoms with Gasteiger partial charge in [0.2, 0.25) is 0 Å². The molecular formula is C22H16N6O3S. The number of nitrogens with zero attached hydrogens (tertiary/aromatic N) is 5. The summed E-state index contributed by atoms with van der Waals surface area (Å²) in [5.41, 5.74) is 2.49. The fourth-order valence-electron chi connectivity index (χ4n) is 3.79. The van der Waals surface area contributed by atoms with Gasteiger partial charge in [0.05, 0.1) is 34.2 Å². The summed E-state index contributed by atoms with van der Waals surface area (Å²) in [4.78, 5) is 46.0. The van der Waals surface area contributed by atoms with Crippen molar-refractivity contribution in [3.63, 3.8) is 0 Å². The SMILES string of the molecule is Cc1cccc2nc(C(S)c3ncnc4nc[nH]c34)n(-c3ccccc3C(=O)O)c(=O)c12. The second-order valence-corrected chi connectivity index (χ2v) is 7.68. The zero-order valence-electron chi connectivity index (χ0n) is 16.7. The highest BCUT2D eigenvalue weighted by Gasteiger charge is 2.26. The number of hydrogen-bond donors (Lipinski definition) is 3. The Morgan fingerprint density at radius 3 is 2.75 bits per heavy atom. The lowest BCUT2D eigenvalue weighted by Crippen LogP contribution is -2.27. The minimum Gasteiger partial charge on any atom is -0.478 e. The van der Waals surface area contributed by atoms with Gasteiger partial charge in [0.25, 0.3) is 5.56 Å². The van der Waals surface area contributed by atoms with Gasteiger partial charge in [0.1, 0.15) is 22.9 Å². The number of benzene rings is 2. The van der Waals surface area contributed by atoms with Crippen molar-refractivity contribution in [2.45, 2.75) is 12.2 Å². The van der Waals surface area contributed by atoms with E-state index in [2.05, 4.69) is 19.9 Å². The molecular weight excluding hydrogens is 428 g/mol. The molecule has 32 heavy (non-hydrogen) atoms. The van der Waals surface area contributed by atoms with Crippen molar-refractivity contribution in [2.75, 3.05) is 0 Å². The van der Waals surface area contributed by atoms with Crippen LogP contribution in [0.25, 0.3) is 27.8 Å². The smallest absolute Gasteiger partial charge is 0.337 e. The average Bonchev–Trinajstić information content (AvgIpc) is 3.27. The predicted octanol–water partition coefficient (Wildman–Crippen LogP) is 3.08. The van der Waals surface area contributed by atoms with Crippen molar-refractivity contribution in [1.29, 1.82) is 0 Å². The molecule has 0 amide bonds. The van der Waals surface area contributed by atoms with E-state index in [1.807, 2.05) is 19.1 Å². The van der Waals surface area contributed by atoms with Crippen LogP contribution >= 0.6 is 12.6 Å². The van der Waals surface area contributed by atoms with Crippen molar-refractivity contribution in [3.05, 3.63) is 88.1 Å². The molecule has 0 saturated carbocycles. The fourth-order valence-corrected chi connectivity index (χ4v) is 4.16. The molecule has 158 valence electrons. The van der Waals surface area contributed by atoms with Gasteiger partial charge in [-0.25, -0.2) is 24.7 Å². The van der Waals surface area contributed by atoms with Crippen LogP contribution in [0.3, 0.4) is 0 Å². The van der Waals surface area contributed by atoms with Crippen LogP contribution in [0.1, 0.15) is 32.7 Å². The molecule has 0 aliphatic rings. The van der Waals surface area contributed by atoms with Gasteiger partial charge in [0, 0.05) is 0 Å². The summed E-state index contributed by atoms with van der Waals surface area (Å²) in [5, 5.41) is 9.39. The maximum atomic E-state index is 13.7. The summed E-state index contributed by atoms with van der Waals surface area (Å²) in [5.74, 6) is -0.920. The lowest BCUT2D eigenvalue weighted by atomic mass is 10.1. The topological polar surface area (TPSA) is 127 Å². The monoisotopic (exact) mass is 444 g/mol. The van der Waals surface area contributed by atoms with Crippen molar-refractivity contribution >= 4 is 40.7 Å². The molecule has 2 aromatic carbocycles. The summed E-state index contributed by atoms with van der Waals surface area (Å²) < 4.78 is 1.31. The number of imidazole rings is 1. The van der Waals surface area contributed by atoms with Gasteiger partial charge in [-0.15, -0.1) is 0 Å². The standard InChI is InChI=1S/C22H16N6O3S/c1-11-5-4-7-13-15(11)21(29)28(14-8-3-2-6-12(14)22(30)31)20(27-13)18(32)16-17-19(25-9-23-16)26-10-24-17/h2-10,18,32H,1H3,(H,30,31)(H,23,24,25,26). The molecule has 9 nitrogen and oxygen atoms in total. The minimum absolute atomic E-state index is 0.0273. The molecule has 0 radical (unpaired) electrons. The maximum absolute atomic E-state index is 13.7. The van der Waals surface area contributed by atoms with Crippen LogP contribution < -0.4 is 5.56 Å². The normalized spacial score (nSPS) is 12.3. The van der Waals surface area contributed by atoms with E-state index in [9.17, 15) is 14.7 Å². The van der Waals surface area contributed by atoms with Crippen LogP contribution in [0, 0.1) is 6.92 Å². The summed E-state index contributed by atoms with van der Waals surface area (Å²) in [6.45, 7) is 1.81. The fraction of sp³-hybridized carbons (Fsp3) is 0.0909. The Morgan fingerprint density at radius 2 is 1.94 bits per heavy atom. The largest absolute Gasteiger partial charge is 0.478 e. The number of aromatic amines is 1. The number of fused-ring (bicyclic) bond motifs is 2. The number of carbonyl (C=O) groups is 1. The van der Waals surface area contributed by atoms with Gasteiger partial charge in [-0.1, -0.05) is 24.3 Å². The number of aryl methyl sites for hydroxylation is 1. The number of hydrogen-bond acceptors (Lipinski definition) is 7. The molecule has 5 aromatic rings. The van der Waals surface area contributed by atoms with Crippen LogP contribution in [0.4, 0.5) is 0 Å². The molecule has 0 bridgehead atoms. The highest BCUT2D eigenvalue weighted by atomic mass is 32.1. The quantitative estimate of drug-likeness (QED) is 0.364. The molecule has 0 spiro atoms. The number of aromatic nitrogens is 6. The van der Waals surface area contributed by atoms with E-state index in [0.29, 0.717) is 27.8 Å². The van der Waals surface area contributed by atoms with Crippen molar-refractivity contribution in [3.8, 4) is 5.69 Å².